The Morgan fingerprint density at radius 1 is 0.886 bits per heavy atom. The fraction of sp³-hybridized carbons (Fsp3) is 0.517. The average molecular weight is 479 g/mol. The van der Waals surface area contributed by atoms with Gasteiger partial charge in [-0.05, 0) is 82.3 Å². The zero-order valence-electron chi connectivity index (χ0n) is 21.5. The smallest absolute Gasteiger partial charge is 0.260 e. The molecule has 0 saturated carbocycles. The van der Waals surface area contributed by atoms with Crippen molar-refractivity contribution in [3.05, 3.63) is 59.2 Å². The molecular weight excluding hydrogens is 440 g/mol. The van der Waals surface area contributed by atoms with Crippen LogP contribution in [-0.2, 0) is 4.79 Å². The normalized spacial score (nSPS) is 21.0. The topological polar surface area (TPSA) is 59.1 Å². The van der Waals surface area contributed by atoms with Crippen molar-refractivity contribution in [2.45, 2.75) is 78.0 Å². The Morgan fingerprint density at radius 3 is 2.09 bits per heavy atom. The molecule has 0 aliphatic carbocycles. The van der Waals surface area contributed by atoms with E-state index in [9.17, 15) is 9.59 Å². The Kier molecular flexibility index (Phi) is 7.99. The van der Waals surface area contributed by atoms with Crippen molar-refractivity contribution in [2.75, 3.05) is 19.7 Å². The van der Waals surface area contributed by atoms with E-state index >= 15 is 0 Å². The van der Waals surface area contributed by atoms with Crippen molar-refractivity contribution in [3.63, 3.8) is 0 Å². The van der Waals surface area contributed by atoms with Crippen LogP contribution in [0.2, 0.25) is 0 Å². The Morgan fingerprint density at radius 2 is 1.49 bits per heavy atom. The van der Waals surface area contributed by atoms with Crippen LogP contribution in [-0.4, -0.2) is 59.5 Å². The molecule has 0 radical (unpaired) electrons. The Labute approximate surface area is 209 Å². The Bertz CT molecular complexity index is 997. The molecule has 35 heavy (non-hydrogen) atoms. The molecule has 2 aromatic rings. The third kappa shape index (κ3) is 5.98. The number of nitrogens with zero attached hydrogens (tertiary/aromatic N) is 2. The lowest BCUT2D eigenvalue weighted by Gasteiger charge is -2.38. The minimum absolute atomic E-state index is 0.0223. The summed E-state index contributed by atoms with van der Waals surface area (Å²) >= 11 is 0. The highest BCUT2D eigenvalue weighted by Gasteiger charge is 2.29. The lowest BCUT2D eigenvalue weighted by molar-refractivity contribution is -0.139. The fourth-order valence-corrected chi connectivity index (χ4v) is 5.34. The maximum absolute atomic E-state index is 13.0. The van der Waals surface area contributed by atoms with Gasteiger partial charge in [0.05, 0.1) is 0 Å². The number of carbonyl (C=O) groups excluding carboxylic acids is 2. The third-order valence-electron chi connectivity index (χ3n) is 7.37. The number of para-hydroxylation sites is 1. The molecule has 0 N–H and O–H groups in total. The van der Waals surface area contributed by atoms with Gasteiger partial charge in [0.2, 0.25) is 0 Å². The van der Waals surface area contributed by atoms with Crippen molar-refractivity contribution >= 4 is 11.8 Å². The molecule has 6 nitrogen and oxygen atoms in total. The molecule has 2 aromatic carbocycles. The zero-order chi connectivity index (χ0) is 24.9. The largest absolute Gasteiger partial charge is 0.490 e. The van der Waals surface area contributed by atoms with Gasteiger partial charge in [-0.2, -0.15) is 0 Å². The first-order valence-corrected chi connectivity index (χ1v) is 12.9. The van der Waals surface area contributed by atoms with Gasteiger partial charge in [0.15, 0.2) is 6.61 Å². The number of ether oxygens (including phenoxy) is 2. The van der Waals surface area contributed by atoms with E-state index in [2.05, 4.69) is 39.8 Å². The molecule has 2 unspecified atom stereocenters. The first-order chi connectivity index (χ1) is 16.8. The first kappa shape index (κ1) is 25.1. The first-order valence-electron chi connectivity index (χ1n) is 12.9. The number of amides is 2. The van der Waals surface area contributed by atoms with Gasteiger partial charge in [-0.25, -0.2) is 0 Å². The SMILES string of the molecule is Cc1cccc(C)c1OC1CCN(C(=O)c2ccc(OCC(=O)N3C(C)CCCC3C)cc2)CC1. The summed E-state index contributed by atoms with van der Waals surface area (Å²) in [5.74, 6) is 1.62. The summed E-state index contributed by atoms with van der Waals surface area (Å²) < 4.78 is 12.0. The lowest BCUT2D eigenvalue weighted by Crippen LogP contribution is -2.49. The fourth-order valence-electron chi connectivity index (χ4n) is 5.34. The predicted octanol–water partition coefficient (Wildman–Crippen LogP) is 5.16. The summed E-state index contributed by atoms with van der Waals surface area (Å²) in [6, 6.07) is 13.8. The molecule has 2 aliphatic rings. The Hall–Kier alpha value is -3.02. The molecule has 4 rings (SSSR count). The number of hydrogen-bond acceptors (Lipinski definition) is 4. The summed E-state index contributed by atoms with van der Waals surface area (Å²) in [5.41, 5.74) is 2.93. The van der Waals surface area contributed by atoms with Crippen LogP contribution >= 0.6 is 0 Å². The predicted molar refractivity (Wildman–Crippen MR) is 137 cm³/mol. The molecule has 188 valence electrons. The molecule has 2 heterocycles. The van der Waals surface area contributed by atoms with Crippen molar-refractivity contribution in [1.29, 1.82) is 0 Å². The van der Waals surface area contributed by atoms with Crippen molar-refractivity contribution in [1.82, 2.24) is 9.80 Å². The second-order valence-electron chi connectivity index (χ2n) is 10.1. The van der Waals surface area contributed by atoms with Crippen LogP contribution in [0.5, 0.6) is 11.5 Å². The zero-order valence-corrected chi connectivity index (χ0v) is 21.5. The van der Waals surface area contributed by atoms with Crippen LogP contribution in [0.4, 0.5) is 0 Å². The van der Waals surface area contributed by atoms with Crippen LogP contribution < -0.4 is 9.47 Å². The van der Waals surface area contributed by atoms with Gasteiger partial charge in [0, 0.05) is 43.6 Å². The second-order valence-corrected chi connectivity index (χ2v) is 10.1. The number of rotatable bonds is 6. The molecule has 0 spiro atoms. The van der Waals surface area contributed by atoms with Crippen molar-refractivity contribution in [2.24, 2.45) is 0 Å². The minimum atomic E-state index is 0.0223. The molecule has 0 bridgehead atoms. The minimum Gasteiger partial charge on any atom is -0.490 e. The second kappa shape index (κ2) is 11.1. The monoisotopic (exact) mass is 478 g/mol. The number of aryl methyl sites for hydroxylation is 2. The number of piperidine rings is 2. The molecule has 2 saturated heterocycles. The van der Waals surface area contributed by atoms with Crippen LogP contribution in [0.3, 0.4) is 0 Å². The summed E-state index contributed by atoms with van der Waals surface area (Å²) in [6.45, 7) is 9.72. The van der Waals surface area contributed by atoms with E-state index in [4.69, 9.17) is 9.47 Å². The summed E-state index contributed by atoms with van der Waals surface area (Å²) in [7, 11) is 0. The van der Waals surface area contributed by atoms with E-state index in [0.29, 0.717) is 24.4 Å². The van der Waals surface area contributed by atoms with E-state index in [1.807, 2.05) is 15.9 Å². The summed E-state index contributed by atoms with van der Waals surface area (Å²) in [6.07, 6.45) is 5.01. The molecule has 2 aliphatic heterocycles. The van der Waals surface area contributed by atoms with Gasteiger partial charge in [-0.15, -0.1) is 0 Å². The number of likely N-dealkylation sites (tertiary alicyclic amines) is 2. The van der Waals surface area contributed by atoms with Gasteiger partial charge in [0.25, 0.3) is 11.8 Å². The quantitative estimate of drug-likeness (QED) is 0.576. The maximum Gasteiger partial charge on any atom is 0.260 e. The van der Waals surface area contributed by atoms with Crippen LogP contribution in [0.15, 0.2) is 42.5 Å². The number of carbonyl (C=O) groups is 2. The van der Waals surface area contributed by atoms with Gasteiger partial charge in [-0.3, -0.25) is 9.59 Å². The third-order valence-corrected chi connectivity index (χ3v) is 7.37. The maximum atomic E-state index is 13.0. The van der Waals surface area contributed by atoms with Gasteiger partial charge in [-0.1, -0.05) is 18.2 Å². The van der Waals surface area contributed by atoms with E-state index in [-0.39, 0.29) is 36.6 Å². The molecule has 2 amide bonds. The standard InChI is InChI=1S/C29H38N2O4/c1-20-7-5-8-21(2)28(20)35-26-15-17-30(18-16-26)29(33)24-11-13-25(14-12-24)34-19-27(32)31-22(3)9-6-10-23(31)4/h5,7-8,11-14,22-23,26H,6,9-10,15-19H2,1-4H3. The van der Waals surface area contributed by atoms with Crippen LogP contribution in [0.1, 0.15) is 67.4 Å². The van der Waals surface area contributed by atoms with Crippen LogP contribution in [0.25, 0.3) is 0 Å². The van der Waals surface area contributed by atoms with E-state index in [1.165, 1.54) is 6.42 Å². The van der Waals surface area contributed by atoms with Crippen LogP contribution in [0, 0.1) is 13.8 Å². The number of hydrogen-bond donors (Lipinski definition) is 0. The number of benzene rings is 2. The molecule has 6 heteroatoms. The van der Waals surface area contributed by atoms with E-state index in [0.717, 1.165) is 42.6 Å². The van der Waals surface area contributed by atoms with E-state index in [1.54, 1.807) is 24.3 Å². The average Bonchev–Trinajstić information content (AvgIpc) is 2.85. The highest BCUT2D eigenvalue weighted by atomic mass is 16.5. The van der Waals surface area contributed by atoms with Gasteiger partial charge >= 0.3 is 0 Å². The van der Waals surface area contributed by atoms with Crippen molar-refractivity contribution in [3.8, 4) is 11.5 Å². The lowest BCUT2D eigenvalue weighted by atomic mass is 9.97. The highest BCUT2D eigenvalue weighted by Crippen LogP contribution is 2.27. The summed E-state index contributed by atoms with van der Waals surface area (Å²) in [4.78, 5) is 29.5. The molecular formula is C29H38N2O4. The molecule has 2 atom stereocenters. The van der Waals surface area contributed by atoms with Gasteiger partial charge in [0.1, 0.15) is 17.6 Å². The van der Waals surface area contributed by atoms with E-state index < -0.39 is 0 Å². The Balaban J connectivity index is 1.26. The molecule has 0 aromatic heterocycles. The van der Waals surface area contributed by atoms with Crippen molar-refractivity contribution < 1.29 is 19.1 Å². The molecule has 2 fully saturated rings. The highest BCUT2D eigenvalue weighted by molar-refractivity contribution is 5.94. The van der Waals surface area contributed by atoms with Gasteiger partial charge < -0.3 is 19.3 Å². The summed E-state index contributed by atoms with van der Waals surface area (Å²) in [5, 5.41) is 0.